The Hall–Kier alpha value is -1.74. The first-order valence-corrected chi connectivity index (χ1v) is 5.89. The second kappa shape index (κ2) is 5.41. The van der Waals surface area contributed by atoms with Crippen LogP contribution in [0.3, 0.4) is 0 Å². The minimum atomic E-state index is -7.08. The standard InChI is InChI=1S/C13H9F9O/c1-6-3-4-8(5-7(6)2)9(23)10(14,15)11(16,17)12(18,19)13(20,21)22/h3-5H,1-2H3. The molecule has 0 aliphatic heterocycles. The van der Waals surface area contributed by atoms with Crippen molar-refractivity contribution < 1.29 is 44.3 Å². The molecule has 0 heterocycles. The smallest absolute Gasteiger partial charge is 0.287 e. The van der Waals surface area contributed by atoms with Gasteiger partial charge in [0.25, 0.3) is 0 Å². The first-order valence-electron chi connectivity index (χ1n) is 5.89. The van der Waals surface area contributed by atoms with Crippen molar-refractivity contribution in [3.8, 4) is 0 Å². The Bertz CT molecular complexity index is 616. The van der Waals surface area contributed by atoms with Crippen molar-refractivity contribution in [1.82, 2.24) is 0 Å². The molecule has 1 aromatic rings. The van der Waals surface area contributed by atoms with E-state index in [0.29, 0.717) is 17.7 Å². The maximum absolute atomic E-state index is 13.5. The first-order chi connectivity index (χ1) is 10.1. The van der Waals surface area contributed by atoms with Crippen LogP contribution in [0.25, 0.3) is 0 Å². The molecule has 130 valence electrons. The highest BCUT2D eigenvalue weighted by Crippen LogP contribution is 2.53. The van der Waals surface area contributed by atoms with E-state index in [1.165, 1.54) is 13.8 Å². The Kier molecular flexibility index (Phi) is 4.54. The highest BCUT2D eigenvalue weighted by molar-refractivity contribution is 6.02. The van der Waals surface area contributed by atoms with E-state index in [9.17, 15) is 44.3 Å². The predicted molar refractivity (Wildman–Crippen MR) is 61.1 cm³/mol. The molecule has 0 aliphatic rings. The Morgan fingerprint density at radius 2 is 1.26 bits per heavy atom. The molecule has 23 heavy (non-hydrogen) atoms. The Labute approximate surface area is 124 Å². The second-order valence-electron chi connectivity index (χ2n) is 4.85. The van der Waals surface area contributed by atoms with Gasteiger partial charge >= 0.3 is 23.9 Å². The number of alkyl halides is 9. The zero-order chi connectivity index (χ0) is 18.4. The lowest BCUT2D eigenvalue weighted by atomic mass is 9.94. The van der Waals surface area contributed by atoms with E-state index < -0.39 is 35.3 Å². The average Bonchev–Trinajstić information content (AvgIpc) is 2.39. The molecule has 0 aromatic heterocycles. The van der Waals surface area contributed by atoms with Gasteiger partial charge in [-0.05, 0) is 31.0 Å². The van der Waals surface area contributed by atoms with Gasteiger partial charge in [-0.25, -0.2) is 0 Å². The molecular weight excluding hydrogens is 343 g/mol. The van der Waals surface area contributed by atoms with Crippen LogP contribution in [-0.2, 0) is 0 Å². The van der Waals surface area contributed by atoms with Crippen molar-refractivity contribution in [3.63, 3.8) is 0 Å². The number of ketones is 1. The van der Waals surface area contributed by atoms with Crippen molar-refractivity contribution in [2.75, 3.05) is 0 Å². The largest absolute Gasteiger partial charge is 0.460 e. The number of benzene rings is 1. The summed E-state index contributed by atoms with van der Waals surface area (Å²) in [6, 6.07) is 2.41. The zero-order valence-electron chi connectivity index (χ0n) is 11.5. The summed E-state index contributed by atoms with van der Waals surface area (Å²) in [6.45, 7) is 2.79. The number of hydrogen-bond acceptors (Lipinski definition) is 1. The highest BCUT2D eigenvalue weighted by Gasteiger charge is 2.83. The van der Waals surface area contributed by atoms with Gasteiger partial charge < -0.3 is 0 Å². The van der Waals surface area contributed by atoms with Crippen LogP contribution in [0.5, 0.6) is 0 Å². The number of carbonyl (C=O) groups is 1. The maximum Gasteiger partial charge on any atom is 0.460 e. The summed E-state index contributed by atoms with van der Waals surface area (Å²) in [5, 5.41) is 0. The van der Waals surface area contributed by atoms with Gasteiger partial charge in [0.15, 0.2) is 0 Å². The summed E-state index contributed by atoms with van der Waals surface area (Å²) in [5.41, 5.74) is -0.439. The van der Waals surface area contributed by atoms with Gasteiger partial charge in [0.1, 0.15) is 0 Å². The predicted octanol–water partition coefficient (Wildman–Crippen LogP) is 4.95. The minimum absolute atomic E-state index is 0.192. The number of aryl methyl sites for hydroxylation is 2. The summed E-state index contributed by atoms with van der Waals surface area (Å²) in [5.74, 6) is -23.1. The summed E-state index contributed by atoms with van der Waals surface area (Å²) in [7, 11) is 0. The normalized spacial score (nSPS) is 14.0. The molecule has 0 N–H and O–H groups in total. The van der Waals surface area contributed by atoms with Crippen molar-refractivity contribution in [1.29, 1.82) is 0 Å². The molecule has 10 heteroatoms. The Morgan fingerprint density at radius 3 is 1.65 bits per heavy atom. The van der Waals surface area contributed by atoms with Crippen molar-refractivity contribution >= 4 is 5.78 Å². The molecule has 0 bridgehead atoms. The summed E-state index contributed by atoms with van der Waals surface area (Å²) in [4.78, 5) is 11.4. The number of Topliss-reactive ketones (excluding diaryl/α,β-unsaturated/α-hetero) is 1. The number of halogens is 9. The maximum atomic E-state index is 13.5. The minimum Gasteiger partial charge on any atom is -0.287 e. The van der Waals surface area contributed by atoms with Gasteiger partial charge in [-0.2, -0.15) is 39.5 Å². The van der Waals surface area contributed by atoms with E-state index in [1.807, 2.05) is 0 Å². The van der Waals surface area contributed by atoms with E-state index in [4.69, 9.17) is 0 Å². The highest BCUT2D eigenvalue weighted by atomic mass is 19.4. The van der Waals surface area contributed by atoms with Crippen LogP contribution in [-0.4, -0.2) is 29.7 Å². The molecule has 1 aromatic carbocycles. The van der Waals surface area contributed by atoms with E-state index in [2.05, 4.69) is 0 Å². The average molecular weight is 352 g/mol. The summed E-state index contributed by atoms with van der Waals surface area (Å²) < 4.78 is 115. The molecule has 0 radical (unpaired) electrons. The van der Waals surface area contributed by atoms with Crippen molar-refractivity contribution in [2.45, 2.75) is 37.8 Å². The van der Waals surface area contributed by atoms with Crippen LogP contribution in [0.2, 0.25) is 0 Å². The number of carbonyl (C=O) groups excluding carboxylic acids is 1. The van der Waals surface area contributed by atoms with Gasteiger partial charge in [-0.1, -0.05) is 12.1 Å². The lowest BCUT2D eigenvalue weighted by Gasteiger charge is -2.32. The van der Waals surface area contributed by atoms with Crippen LogP contribution in [0.4, 0.5) is 39.5 Å². The first kappa shape index (κ1) is 19.3. The molecule has 0 spiro atoms. The SMILES string of the molecule is Cc1ccc(C(=O)C(F)(F)C(F)(F)C(F)(F)C(F)(F)F)cc1C. The number of hydrogen-bond donors (Lipinski definition) is 0. The monoisotopic (exact) mass is 352 g/mol. The molecule has 0 atom stereocenters. The van der Waals surface area contributed by atoms with Crippen molar-refractivity contribution in [2.24, 2.45) is 0 Å². The van der Waals surface area contributed by atoms with Crippen LogP contribution in [0, 0.1) is 13.8 Å². The summed E-state index contributed by atoms with van der Waals surface area (Å²) >= 11 is 0. The van der Waals surface area contributed by atoms with E-state index in [0.717, 1.165) is 6.07 Å². The molecule has 0 saturated heterocycles. The van der Waals surface area contributed by atoms with E-state index in [1.54, 1.807) is 0 Å². The fourth-order valence-electron chi connectivity index (χ4n) is 1.58. The zero-order valence-corrected chi connectivity index (χ0v) is 11.5. The lowest BCUT2D eigenvalue weighted by Crippen LogP contribution is -2.63. The molecule has 1 nitrogen and oxygen atoms in total. The molecule has 0 aliphatic carbocycles. The van der Waals surface area contributed by atoms with Gasteiger partial charge in [0, 0.05) is 5.56 Å². The van der Waals surface area contributed by atoms with Crippen LogP contribution in [0.15, 0.2) is 18.2 Å². The molecular formula is C13H9F9O. The third-order valence-corrected chi connectivity index (χ3v) is 3.20. The quantitative estimate of drug-likeness (QED) is 0.553. The second-order valence-corrected chi connectivity index (χ2v) is 4.85. The van der Waals surface area contributed by atoms with E-state index >= 15 is 0 Å². The fraction of sp³-hybridized carbons (Fsp3) is 0.462. The molecule has 0 saturated carbocycles. The fourth-order valence-corrected chi connectivity index (χ4v) is 1.58. The molecule has 1 rings (SSSR count). The van der Waals surface area contributed by atoms with E-state index in [-0.39, 0.29) is 5.56 Å². The Balaban J connectivity index is 3.38. The molecule has 0 unspecified atom stereocenters. The summed E-state index contributed by atoms with van der Waals surface area (Å²) in [6.07, 6.45) is -6.95. The van der Waals surface area contributed by atoms with Gasteiger partial charge in [0.2, 0.25) is 5.78 Å². The van der Waals surface area contributed by atoms with Gasteiger partial charge in [-0.3, -0.25) is 4.79 Å². The lowest BCUT2D eigenvalue weighted by molar-refractivity contribution is -0.386. The molecule has 0 fully saturated rings. The number of rotatable bonds is 4. The van der Waals surface area contributed by atoms with Gasteiger partial charge in [0.05, 0.1) is 0 Å². The van der Waals surface area contributed by atoms with Crippen LogP contribution in [0.1, 0.15) is 21.5 Å². The third-order valence-electron chi connectivity index (χ3n) is 3.20. The van der Waals surface area contributed by atoms with Gasteiger partial charge in [-0.15, -0.1) is 0 Å². The van der Waals surface area contributed by atoms with Crippen LogP contribution < -0.4 is 0 Å². The Morgan fingerprint density at radius 1 is 0.783 bits per heavy atom. The third kappa shape index (κ3) is 2.90. The van der Waals surface area contributed by atoms with Crippen LogP contribution >= 0.6 is 0 Å². The topological polar surface area (TPSA) is 17.1 Å². The molecule has 0 amide bonds. The van der Waals surface area contributed by atoms with Crippen molar-refractivity contribution in [3.05, 3.63) is 34.9 Å².